The van der Waals surface area contributed by atoms with Crippen LogP contribution in [0.4, 0.5) is 0 Å². The standard InChI is InChI=1S/C9H11NO5/c11-7(12)2-1-5-15-6-3-4-10-8(6)9(13)14/h3-4,10H,1-2,5H2,(H,11,12)(H,13,14). The van der Waals surface area contributed by atoms with Crippen LogP contribution in [-0.2, 0) is 4.79 Å². The lowest BCUT2D eigenvalue weighted by Gasteiger charge is -2.03. The van der Waals surface area contributed by atoms with Crippen molar-refractivity contribution < 1.29 is 24.5 Å². The number of hydrogen-bond donors (Lipinski definition) is 3. The van der Waals surface area contributed by atoms with E-state index in [2.05, 4.69) is 4.98 Å². The largest absolute Gasteiger partial charge is 0.491 e. The summed E-state index contributed by atoms with van der Waals surface area (Å²) in [4.78, 5) is 23.3. The van der Waals surface area contributed by atoms with Crippen molar-refractivity contribution >= 4 is 11.9 Å². The molecule has 0 aliphatic heterocycles. The van der Waals surface area contributed by atoms with Crippen LogP contribution in [0.25, 0.3) is 0 Å². The summed E-state index contributed by atoms with van der Waals surface area (Å²) in [6.45, 7) is 0.185. The number of hydrogen-bond acceptors (Lipinski definition) is 3. The fraction of sp³-hybridized carbons (Fsp3) is 0.333. The first-order chi connectivity index (χ1) is 7.11. The number of aliphatic carboxylic acids is 1. The predicted octanol–water partition coefficient (Wildman–Crippen LogP) is 0.956. The Bertz CT molecular complexity index is 357. The molecule has 0 aliphatic carbocycles. The SMILES string of the molecule is O=C(O)CCCOc1cc[nH]c1C(=O)O. The molecule has 0 atom stereocenters. The molecule has 0 aromatic carbocycles. The van der Waals surface area contributed by atoms with Crippen molar-refractivity contribution in [3.05, 3.63) is 18.0 Å². The number of aromatic nitrogens is 1. The van der Waals surface area contributed by atoms with Gasteiger partial charge in [0.2, 0.25) is 0 Å². The van der Waals surface area contributed by atoms with Crippen LogP contribution in [0.5, 0.6) is 5.75 Å². The zero-order valence-corrected chi connectivity index (χ0v) is 7.90. The van der Waals surface area contributed by atoms with Crippen LogP contribution in [-0.4, -0.2) is 33.7 Å². The van der Waals surface area contributed by atoms with Gasteiger partial charge >= 0.3 is 11.9 Å². The van der Waals surface area contributed by atoms with E-state index in [1.54, 1.807) is 0 Å². The smallest absolute Gasteiger partial charge is 0.356 e. The van der Waals surface area contributed by atoms with Crippen molar-refractivity contribution in [2.24, 2.45) is 0 Å². The lowest BCUT2D eigenvalue weighted by atomic mass is 10.3. The first-order valence-electron chi connectivity index (χ1n) is 4.36. The van der Waals surface area contributed by atoms with Gasteiger partial charge in [-0.15, -0.1) is 0 Å². The van der Waals surface area contributed by atoms with Crippen molar-refractivity contribution in [3.8, 4) is 5.75 Å². The summed E-state index contributed by atoms with van der Waals surface area (Å²) in [6, 6.07) is 1.49. The van der Waals surface area contributed by atoms with Gasteiger partial charge < -0.3 is 19.9 Å². The minimum absolute atomic E-state index is 0.00677. The number of nitrogens with one attached hydrogen (secondary N) is 1. The summed E-state index contributed by atoms with van der Waals surface area (Å²) in [7, 11) is 0. The molecule has 0 unspecified atom stereocenters. The number of carbonyl (C=O) groups is 2. The van der Waals surface area contributed by atoms with Gasteiger partial charge in [-0.3, -0.25) is 4.79 Å². The van der Waals surface area contributed by atoms with Crippen LogP contribution < -0.4 is 4.74 Å². The highest BCUT2D eigenvalue weighted by Gasteiger charge is 2.11. The zero-order valence-electron chi connectivity index (χ0n) is 7.90. The molecule has 1 aromatic rings. The van der Waals surface area contributed by atoms with Crippen molar-refractivity contribution in [1.29, 1.82) is 0 Å². The highest BCUT2D eigenvalue weighted by atomic mass is 16.5. The van der Waals surface area contributed by atoms with E-state index < -0.39 is 11.9 Å². The van der Waals surface area contributed by atoms with Gasteiger partial charge in [-0.05, 0) is 12.5 Å². The molecule has 0 aliphatic rings. The lowest BCUT2D eigenvalue weighted by molar-refractivity contribution is -0.137. The first kappa shape index (κ1) is 11.1. The average molecular weight is 213 g/mol. The van der Waals surface area contributed by atoms with Gasteiger partial charge in [0.15, 0.2) is 11.4 Å². The molecular formula is C9H11NO5. The maximum Gasteiger partial charge on any atom is 0.356 e. The number of H-pyrrole nitrogens is 1. The summed E-state index contributed by atoms with van der Waals surface area (Å²) in [5.74, 6) is -1.77. The highest BCUT2D eigenvalue weighted by molar-refractivity contribution is 5.88. The molecule has 6 heteroatoms. The number of aromatic amines is 1. The molecule has 1 rings (SSSR count). The number of rotatable bonds is 6. The van der Waals surface area contributed by atoms with E-state index >= 15 is 0 Å². The van der Waals surface area contributed by atoms with Crippen LogP contribution in [0.1, 0.15) is 23.3 Å². The van der Waals surface area contributed by atoms with Gasteiger partial charge in [0.05, 0.1) is 6.61 Å². The Labute approximate surface area is 85.5 Å². The second-order valence-electron chi connectivity index (χ2n) is 2.87. The van der Waals surface area contributed by atoms with E-state index in [-0.39, 0.29) is 24.5 Å². The summed E-state index contributed by atoms with van der Waals surface area (Å²) in [5.41, 5.74) is -0.0228. The average Bonchev–Trinajstić information content (AvgIpc) is 2.60. The molecule has 0 spiro atoms. The van der Waals surface area contributed by atoms with Crippen molar-refractivity contribution in [2.75, 3.05) is 6.61 Å². The Kier molecular flexibility index (Phi) is 3.73. The minimum atomic E-state index is -1.10. The number of aromatic carboxylic acids is 1. The molecule has 0 radical (unpaired) electrons. The van der Waals surface area contributed by atoms with Gasteiger partial charge in [-0.1, -0.05) is 0 Å². The van der Waals surface area contributed by atoms with E-state index in [4.69, 9.17) is 14.9 Å². The predicted molar refractivity (Wildman–Crippen MR) is 50.1 cm³/mol. The van der Waals surface area contributed by atoms with E-state index in [1.165, 1.54) is 12.3 Å². The van der Waals surface area contributed by atoms with Crippen molar-refractivity contribution in [3.63, 3.8) is 0 Å². The van der Waals surface area contributed by atoms with E-state index in [0.717, 1.165) is 0 Å². The fourth-order valence-electron chi connectivity index (χ4n) is 1.05. The topological polar surface area (TPSA) is 99.6 Å². The molecule has 1 heterocycles. The first-order valence-corrected chi connectivity index (χ1v) is 4.36. The molecule has 0 fully saturated rings. The fourth-order valence-corrected chi connectivity index (χ4v) is 1.05. The maximum atomic E-state index is 10.6. The highest BCUT2D eigenvalue weighted by Crippen LogP contribution is 2.16. The van der Waals surface area contributed by atoms with Gasteiger partial charge in [-0.25, -0.2) is 4.79 Å². The Morgan fingerprint density at radius 1 is 1.40 bits per heavy atom. The quantitative estimate of drug-likeness (QED) is 0.611. The van der Waals surface area contributed by atoms with E-state index in [1.807, 2.05) is 0 Å². The molecule has 3 N–H and O–H groups in total. The third-order valence-electron chi connectivity index (χ3n) is 1.72. The van der Waals surface area contributed by atoms with Crippen LogP contribution >= 0.6 is 0 Å². The van der Waals surface area contributed by atoms with E-state index in [9.17, 15) is 9.59 Å². The number of ether oxygens (including phenoxy) is 1. The van der Waals surface area contributed by atoms with Crippen molar-refractivity contribution in [2.45, 2.75) is 12.8 Å². The van der Waals surface area contributed by atoms with Crippen LogP contribution in [0, 0.1) is 0 Å². The Morgan fingerprint density at radius 2 is 2.13 bits per heavy atom. The second-order valence-corrected chi connectivity index (χ2v) is 2.87. The monoisotopic (exact) mass is 213 g/mol. The molecule has 0 saturated heterocycles. The molecule has 82 valence electrons. The summed E-state index contributed by atoms with van der Waals surface area (Å²) in [5, 5.41) is 17.1. The molecular weight excluding hydrogens is 202 g/mol. The molecule has 0 amide bonds. The lowest BCUT2D eigenvalue weighted by Crippen LogP contribution is -2.05. The Morgan fingerprint density at radius 3 is 2.73 bits per heavy atom. The normalized spacial score (nSPS) is 9.87. The summed E-state index contributed by atoms with van der Waals surface area (Å²) in [6.07, 6.45) is 1.81. The Balaban J connectivity index is 2.40. The molecule has 15 heavy (non-hydrogen) atoms. The van der Waals surface area contributed by atoms with Gasteiger partial charge in [-0.2, -0.15) is 0 Å². The number of carboxylic acids is 2. The third-order valence-corrected chi connectivity index (χ3v) is 1.72. The Hall–Kier alpha value is -1.98. The number of carboxylic acid groups (broad SMARTS) is 2. The van der Waals surface area contributed by atoms with Gasteiger partial charge in [0.25, 0.3) is 0 Å². The van der Waals surface area contributed by atoms with Gasteiger partial charge in [0.1, 0.15) is 0 Å². The third kappa shape index (κ3) is 3.34. The van der Waals surface area contributed by atoms with E-state index in [0.29, 0.717) is 6.42 Å². The summed E-state index contributed by atoms with van der Waals surface area (Å²) >= 11 is 0. The molecule has 1 aromatic heterocycles. The molecule has 6 nitrogen and oxygen atoms in total. The minimum Gasteiger partial charge on any atom is -0.491 e. The summed E-state index contributed by atoms with van der Waals surface area (Å²) < 4.78 is 5.11. The van der Waals surface area contributed by atoms with Crippen LogP contribution in [0.3, 0.4) is 0 Å². The second kappa shape index (κ2) is 5.04. The zero-order chi connectivity index (χ0) is 11.3. The van der Waals surface area contributed by atoms with Crippen LogP contribution in [0.2, 0.25) is 0 Å². The van der Waals surface area contributed by atoms with Crippen molar-refractivity contribution in [1.82, 2.24) is 4.98 Å². The van der Waals surface area contributed by atoms with Gasteiger partial charge in [0, 0.05) is 12.6 Å². The molecule has 0 saturated carbocycles. The van der Waals surface area contributed by atoms with Crippen LogP contribution in [0.15, 0.2) is 12.3 Å². The maximum absolute atomic E-state index is 10.6. The molecule has 0 bridgehead atoms.